The molecule has 1 atom stereocenters. The zero-order chi connectivity index (χ0) is 28.2. The van der Waals surface area contributed by atoms with Crippen LogP contribution in [0.25, 0.3) is 22.3 Å². The van der Waals surface area contributed by atoms with Gasteiger partial charge in [0.2, 0.25) is 11.6 Å². The Morgan fingerprint density at radius 3 is 1.14 bits per heavy atom. The van der Waals surface area contributed by atoms with Crippen molar-refractivity contribution in [2.45, 2.75) is 38.5 Å². The molecular formula is C24H17BF10OP. The molecule has 1 nitrogen and oxygen atoms in total. The molecule has 0 saturated carbocycles. The average Bonchev–Trinajstić information content (AvgIpc) is 2.82. The van der Waals surface area contributed by atoms with Crippen LogP contribution in [0.2, 0.25) is 0 Å². The normalized spacial score (nSPS) is 12.3. The van der Waals surface area contributed by atoms with Crippen LogP contribution in [0.15, 0.2) is 18.2 Å². The standard InChI is InChI=1S/C24H17BF10OP/c1-23(2,24(3,4)37)36-25-10-6-8(11-13(26)17(30)21(34)18(31)14(11)27)5-9(7-10)12-15(28)19(32)22(35)20(33)16(12)29/h5-7H,37H2,1-4H3. The monoisotopic (exact) mass is 553 g/mol. The largest absolute Gasteiger partial charge is 0.429 e. The van der Waals surface area contributed by atoms with Crippen molar-refractivity contribution in [3.63, 3.8) is 0 Å². The maximum absolute atomic E-state index is 14.5. The summed E-state index contributed by atoms with van der Waals surface area (Å²) in [6, 6.07) is 2.25. The second-order valence-corrected chi connectivity index (χ2v) is 10.6. The first-order valence-electron chi connectivity index (χ1n) is 10.4. The van der Waals surface area contributed by atoms with Gasteiger partial charge in [0, 0.05) is 5.16 Å². The zero-order valence-electron chi connectivity index (χ0n) is 19.6. The predicted molar refractivity (Wildman–Crippen MR) is 121 cm³/mol. The summed E-state index contributed by atoms with van der Waals surface area (Å²) in [4.78, 5) is 0. The van der Waals surface area contributed by atoms with E-state index >= 15 is 0 Å². The Morgan fingerprint density at radius 2 is 0.838 bits per heavy atom. The molecular weight excluding hydrogens is 536 g/mol. The molecule has 13 heteroatoms. The van der Waals surface area contributed by atoms with Gasteiger partial charge in [-0.3, -0.25) is 0 Å². The molecule has 3 aromatic carbocycles. The molecule has 37 heavy (non-hydrogen) atoms. The van der Waals surface area contributed by atoms with Crippen LogP contribution in [0.1, 0.15) is 27.7 Å². The molecule has 0 saturated heterocycles. The van der Waals surface area contributed by atoms with Crippen LogP contribution in [0, 0.1) is 58.2 Å². The number of hydrogen-bond acceptors (Lipinski definition) is 1. The summed E-state index contributed by atoms with van der Waals surface area (Å²) in [5, 5.41) is -0.590. The molecule has 0 N–H and O–H groups in total. The summed E-state index contributed by atoms with van der Waals surface area (Å²) < 4.78 is 146. The third-order valence-electron chi connectivity index (χ3n) is 5.99. The average molecular weight is 553 g/mol. The van der Waals surface area contributed by atoms with Crippen molar-refractivity contribution >= 4 is 22.2 Å². The third-order valence-corrected chi connectivity index (χ3v) is 6.69. The highest BCUT2D eigenvalue weighted by Crippen LogP contribution is 2.37. The summed E-state index contributed by atoms with van der Waals surface area (Å²) in [6.07, 6.45) is 0. The molecule has 0 heterocycles. The van der Waals surface area contributed by atoms with Gasteiger partial charge in [-0.15, -0.1) is 9.24 Å². The van der Waals surface area contributed by atoms with Crippen molar-refractivity contribution in [1.29, 1.82) is 0 Å². The van der Waals surface area contributed by atoms with E-state index in [0.29, 0.717) is 6.07 Å². The van der Waals surface area contributed by atoms with Crippen molar-refractivity contribution in [3.8, 4) is 22.3 Å². The van der Waals surface area contributed by atoms with Gasteiger partial charge < -0.3 is 4.65 Å². The van der Waals surface area contributed by atoms with Gasteiger partial charge in [0.05, 0.1) is 16.7 Å². The molecule has 197 valence electrons. The molecule has 1 radical (unpaired) electrons. The first kappa shape index (κ1) is 29.0. The van der Waals surface area contributed by atoms with E-state index in [1.807, 2.05) is 0 Å². The van der Waals surface area contributed by atoms with E-state index in [9.17, 15) is 43.9 Å². The smallest absolute Gasteiger partial charge is 0.330 e. The Balaban J connectivity index is 2.34. The molecule has 0 amide bonds. The van der Waals surface area contributed by atoms with Gasteiger partial charge in [-0.1, -0.05) is 31.4 Å². The third kappa shape index (κ3) is 5.10. The van der Waals surface area contributed by atoms with Crippen LogP contribution in [0.3, 0.4) is 0 Å². The molecule has 3 aromatic rings. The fraction of sp³-hybridized carbons (Fsp3) is 0.250. The van der Waals surface area contributed by atoms with Gasteiger partial charge >= 0.3 is 7.48 Å². The number of halogens is 10. The van der Waals surface area contributed by atoms with E-state index in [1.165, 1.54) is 0 Å². The predicted octanol–water partition coefficient (Wildman–Crippen LogP) is 7.11. The van der Waals surface area contributed by atoms with Gasteiger partial charge in [0.25, 0.3) is 0 Å². The number of hydrogen-bond donors (Lipinski definition) is 0. The molecule has 0 aliphatic carbocycles. The van der Waals surface area contributed by atoms with Crippen molar-refractivity contribution in [1.82, 2.24) is 0 Å². The highest BCUT2D eigenvalue weighted by Gasteiger charge is 2.34. The Kier molecular flexibility index (Phi) is 7.79. The Labute approximate surface area is 208 Å². The fourth-order valence-electron chi connectivity index (χ4n) is 3.09. The molecule has 1 unspecified atom stereocenters. The van der Waals surface area contributed by atoms with Crippen molar-refractivity contribution in [3.05, 3.63) is 76.4 Å². The lowest BCUT2D eigenvalue weighted by Crippen LogP contribution is -2.45. The summed E-state index contributed by atoms with van der Waals surface area (Å²) in [7, 11) is 3.46. The quantitative estimate of drug-likeness (QED) is 0.104. The van der Waals surface area contributed by atoms with Gasteiger partial charge in [0.1, 0.15) is 0 Å². The molecule has 0 aliphatic rings. The van der Waals surface area contributed by atoms with Crippen LogP contribution in [-0.4, -0.2) is 18.2 Å². The Morgan fingerprint density at radius 1 is 0.541 bits per heavy atom. The topological polar surface area (TPSA) is 9.23 Å². The van der Waals surface area contributed by atoms with E-state index in [2.05, 4.69) is 9.24 Å². The Hall–Kier alpha value is -2.59. The highest BCUT2D eigenvalue weighted by atomic mass is 31.0. The van der Waals surface area contributed by atoms with Crippen molar-refractivity contribution < 1.29 is 48.6 Å². The summed E-state index contributed by atoms with van der Waals surface area (Å²) in [5.74, 6) is -23.2. The maximum atomic E-state index is 14.5. The minimum atomic E-state index is -2.45. The summed E-state index contributed by atoms with van der Waals surface area (Å²) in [6.45, 7) is 6.79. The highest BCUT2D eigenvalue weighted by molar-refractivity contribution is 7.19. The van der Waals surface area contributed by atoms with Gasteiger partial charge in [-0.05, 0) is 31.0 Å². The van der Waals surface area contributed by atoms with E-state index in [0.717, 1.165) is 19.6 Å². The fourth-order valence-corrected chi connectivity index (χ4v) is 3.16. The molecule has 0 aliphatic heterocycles. The van der Waals surface area contributed by atoms with Crippen LogP contribution in [-0.2, 0) is 4.65 Å². The summed E-state index contributed by atoms with van der Waals surface area (Å²) in [5.41, 5.74) is -5.81. The van der Waals surface area contributed by atoms with E-state index in [-0.39, 0.29) is 5.46 Å². The molecule has 3 rings (SSSR count). The SMILES string of the molecule is CC(C)(P)C(C)(C)O[B]c1cc(-c2c(F)c(F)c(F)c(F)c2F)cc(-c2c(F)c(F)c(F)c(F)c2F)c1. The van der Waals surface area contributed by atoms with E-state index in [4.69, 9.17) is 4.65 Å². The zero-order valence-corrected chi connectivity index (χ0v) is 20.7. The van der Waals surface area contributed by atoms with Crippen LogP contribution in [0.5, 0.6) is 0 Å². The lowest BCUT2D eigenvalue weighted by Gasteiger charge is -2.39. The molecule has 0 bridgehead atoms. The van der Waals surface area contributed by atoms with Gasteiger partial charge in [-0.25, -0.2) is 43.9 Å². The van der Waals surface area contributed by atoms with E-state index in [1.54, 1.807) is 27.7 Å². The van der Waals surface area contributed by atoms with Crippen LogP contribution in [0.4, 0.5) is 43.9 Å². The Bertz CT molecular complexity index is 1260. The minimum Gasteiger partial charge on any atom is -0.429 e. The maximum Gasteiger partial charge on any atom is 0.330 e. The van der Waals surface area contributed by atoms with E-state index < -0.39 is 91.2 Å². The second-order valence-electron chi connectivity index (χ2n) is 9.20. The number of rotatable bonds is 6. The van der Waals surface area contributed by atoms with Crippen LogP contribution < -0.4 is 5.46 Å². The van der Waals surface area contributed by atoms with Crippen LogP contribution >= 0.6 is 9.24 Å². The van der Waals surface area contributed by atoms with Gasteiger partial charge in [-0.2, -0.15) is 0 Å². The molecule has 0 fully saturated rings. The van der Waals surface area contributed by atoms with Crippen molar-refractivity contribution in [2.75, 3.05) is 0 Å². The second kappa shape index (κ2) is 9.95. The molecule has 0 aromatic heterocycles. The number of benzene rings is 3. The minimum absolute atomic E-state index is 0.247. The first-order chi connectivity index (χ1) is 16.9. The first-order valence-corrected chi connectivity index (χ1v) is 11.0. The lowest BCUT2D eigenvalue weighted by atomic mass is 9.80. The molecule has 0 spiro atoms. The lowest BCUT2D eigenvalue weighted by molar-refractivity contribution is 0.0841. The van der Waals surface area contributed by atoms with Crippen molar-refractivity contribution in [2.24, 2.45) is 0 Å². The summed E-state index contributed by atoms with van der Waals surface area (Å²) >= 11 is 0. The van der Waals surface area contributed by atoms with Gasteiger partial charge in [0.15, 0.2) is 46.5 Å².